The Hall–Kier alpha value is -2.74. The van der Waals surface area contributed by atoms with Crippen molar-refractivity contribution >= 4 is 0 Å². The first-order valence-corrected chi connectivity index (χ1v) is 11.2. The van der Waals surface area contributed by atoms with Crippen LogP contribution in [-0.4, -0.2) is 59.2 Å². The maximum Gasteiger partial charge on any atom is 0.136 e. The van der Waals surface area contributed by atoms with Crippen LogP contribution in [0.3, 0.4) is 0 Å². The third-order valence-electron chi connectivity index (χ3n) is 5.87. The molecule has 2 N–H and O–H groups in total. The number of nitrogens with one attached hydrogen (secondary N) is 1. The zero-order valence-corrected chi connectivity index (χ0v) is 18.5. The van der Waals surface area contributed by atoms with Gasteiger partial charge < -0.3 is 20.1 Å². The van der Waals surface area contributed by atoms with Gasteiger partial charge in [0.05, 0.1) is 18.9 Å². The first-order chi connectivity index (χ1) is 15.6. The van der Waals surface area contributed by atoms with Crippen molar-refractivity contribution in [1.29, 1.82) is 0 Å². The van der Waals surface area contributed by atoms with E-state index < -0.39 is 0 Å². The number of methoxy groups -OCH3 is 1. The molecule has 1 aromatic heterocycles. The number of rotatable bonds is 9. The zero-order valence-electron chi connectivity index (χ0n) is 18.5. The molecule has 1 saturated heterocycles. The first kappa shape index (κ1) is 22.5. The summed E-state index contributed by atoms with van der Waals surface area (Å²) in [4.78, 5) is 2.32. The lowest BCUT2D eigenvalue weighted by molar-refractivity contribution is 0.0702. The third-order valence-corrected chi connectivity index (χ3v) is 5.87. The van der Waals surface area contributed by atoms with Crippen molar-refractivity contribution in [3.05, 3.63) is 66.1 Å². The van der Waals surface area contributed by atoms with Crippen LogP contribution in [0, 0.1) is 5.82 Å². The number of aliphatic hydroxyl groups is 1. The molecule has 1 atom stereocenters. The van der Waals surface area contributed by atoms with Crippen LogP contribution < -0.4 is 10.1 Å². The van der Waals surface area contributed by atoms with Gasteiger partial charge in [0, 0.05) is 36.5 Å². The van der Waals surface area contributed by atoms with Crippen LogP contribution in [0.5, 0.6) is 5.75 Å². The standard InChI is InChI=1S/C25H31FN4O2/c1-32-22-10-11-23(24(26)15-22)25-19(17-30(28-25)20-7-3-2-4-8-20)16-27-12-6-14-29-13-5-9-21(31)18-29/h2-4,7-8,10-11,15,17,21,27,31H,5-6,9,12-14,16,18H2,1H3/t21-/m0/s1. The Balaban J connectivity index is 1.46. The van der Waals surface area contributed by atoms with Crippen molar-refractivity contribution in [2.24, 2.45) is 0 Å². The predicted molar refractivity (Wildman–Crippen MR) is 124 cm³/mol. The molecule has 2 aromatic carbocycles. The summed E-state index contributed by atoms with van der Waals surface area (Å²) in [6.07, 6.45) is 4.73. The van der Waals surface area contributed by atoms with Gasteiger partial charge in [0.15, 0.2) is 0 Å². The lowest BCUT2D eigenvalue weighted by Gasteiger charge is -2.29. The molecule has 7 heteroatoms. The van der Waals surface area contributed by atoms with Crippen LogP contribution >= 0.6 is 0 Å². The number of β-amino-alcohol motifs (C(OH)–C–C–N with tert-alkyl or cyclic N) is 1. The van der Waals surface area contributed by atoms with Gasteiger partial charge in [-0.25, -0.2) is 9.07 Å². The van der Waals surface area contributed by atoms with Crippen molar-refractivity contribution < 1.29 is 14.2 Å². The van der Waals surface area contributed by atoms with E-state index in [1.807, 2.05) is 36.5 Å². The summed E-state index contributed by atoms with van der Waals surface area (Å²) in [5, 5.41) is 18.0. The molecule has 3 aromatic rings. The number of para-hydroxylation sites is 1. The van der Waals surface area contributed by atoms with Crippen LogP contribution in [-0.2, 0) is 6.54 Å². The van der Waals surface area contributed by atoms with Crippen LogP contribution in [0.4, 0.5) is 4.39 Å². The fourth-order valence-electron chi connectivity index (χ4n) is 4.18. The summed E-state index contributed by atoms with van der Waals surface area (Å²) in [6, 6.07) is 14.7. The molecule has 0 bridgehead atoms. The first-order valence-electron chi connectivity index (χ1n) is 11.2. The summed E-state index contributed by atoms with van der Waals surface area (Å²) < 4.78 is 21.8. The zero-order chi connectivity index (χ0) is 22.3. The molecule has 1 aliphatic rings. The molecule has 1 aliphatic heterocycles. The number of ether oxygens (including phenoxy) is 1. The molecule has 0 aliphatic carbocycles. The molecule has 0 spiro atoms. The van der Waals surface area contributed by atoms with E-state index in [1.165, 1.54) is 13.2 Å². The molecule has 32 heavy (non-hydrogen) atoms. The van der Waals surface area contributed by atoms with E-state index in [-0.39, 0.29) is 11.9 Å². The van der Waals surface area contributed by atoms with Crippen molar-refractivity contribution in [3.63, 3.8) is 0 Å². The second kappa shape index (κ2) is 10.7. The van der Waals surface area contributed by atoms with E-state index in [4.69, 9.17) is 9.84 Å². The molecule has 0 radical (unpaired) electrons. The molecular weight excluding hydrogens is 407 g/mol. The number of aliphatic hydroxyl groups excluding tert-OH is 1. The molecule has 0 saturated carbocycles. The smallest absolute Gasteiger partial charge is 0.136 e. The number of piperidine rings is 1. The van der Waals surface area contributed by atoms with Gasteiger partial charge >= 0.3 is 0 Å². The normalized spacial score (nSPS) is 16.9. The monoisotopic (exact) mass is 438 g/mol. The fraction of sp³-hybridized carbons (Fsp3) is 0.400. The fourth-order valence-corrected chi connectivity index (χ4v) is 4.18. The molecule has 6 nitrogen and oxygen atoms in total. The molecule has 0 unspecified atom stereocenters. The van der Waals surface area contributed by atoms with Gasteiger partial charge in [-0.2, -0.15) is 5.10 Å². The number of hydrogen-bond donors (Lipinski definition) is 2. The van der Waals surface area contributed by atoms with Crippen LogP contribution in [0.15, 0.2) is 54.7 Å². The Morgan fingerprint density at radius 1 is 1.22 bits per heavy atom. The molecule has 4 rings (SSSR count). The number of hydrogen-bond acceptors (Lipinski definition) is 5. The molecule has 2 heterocycles. The highest BCUT2D eigenvalue weighted by molar-refractivity contribution is 5.65. The average molecular weight is 439 g/mol. The molecule has 1 fully saturated rings. The van der Waals surface area contributed by atoms with Crippen molar-refractivity contribution in [1.82, 2.24) is 20.0 Å². The number of nitrogens with zero attached hydrogens (tertiary/aromatic N) is 3. The van der Waals surface area contributed by atoms with Gasteiger partial charge in [-0.15, -0.1) is 0 Å². The van der Waals surface area contributed by atoms with Gasteiger partial charge in [-0.3, -0.25) is 0 Å². The lowest BCUT2D eigenvalue weighted by Crippen LogP contribution is -2.39. The van der Waals surface area contributed by atoms with Gasteiger partial charge in [-0.1, -0.05) is 18.2 Å². The Bertz CT molecular complexity index is 1010. The third kappa shape index (κ3) is 5.54. The molecule has 170 valence electrons. The Morgan fingerprint density at radius 3 is 2.81 bits per heavy atom. The number of aromatic nitrogens is 2. The Kier molecular flexibility index (Phi) is 7.52. The minimum atomic E-state index is -0.354. The largest absolute Gasteiger partial charge is 0.497 e. The quantitative estimate of drug-likeness (QED) is 0.500. The average Bonchev–Trinajstić information content (AvgIpc) is 3.23. The summed E-state index contributed by atoms with van der Waals surface area (Å²) in [5.41, 5.74) is 2.95. The van der Waals surface area contributed by atoms with E-state index in [1.54, 1.807) is 16.8 Å². The van der Waals surface area contributed by atoms with Gasteiger partial charge in [0.25, 0.3) is 0 Å². The second-order valence-electron chi connectivity index (χ2n) is 8.26. The summed E-state index contributed by atoms with van der Waals surface area (Å²) in [5.74, 6) is 0.129. The minimum absolute atomic E-state index is 0.192. The summed E-state index contributed by atoms with van der Waals surface area (Å²) in [6.45, 7) is 4.23. The second-order valence-corrected chi connectivity index (χ2v) is 8.26. The van der Waals surface area contributed by atoms with Crippen LogP contribution in [0.2, 0.25) is 0 Å². The van der Waals surface area contributed by atoms with E-state index in [9.17, 15) is 9.50 Å². The van der Waals surface area contributed by atoms with E-state index >= 15 is 0 Å². The topological polar surface area (TPSA) is 62.5 Å². The number of likely N-dealkylation sites (tertiary alicyclic amines) is 1. The maximum atomic E-state index is 14.8. The van der Waals surface area contributed by atoms with Crippen molar-refractivity contribution in [2.45, 2.75) is 31.9 Å². The molecule has 0 amide bonds. The summed E-state index contributed by atoms with van der Waals surface area (Å²) in [7, 11) is 1.53. The van der Waals surface area contributed by atoms with Crippen molar-refractivity contribution in [3.8, 4) is 22.7 Å². The van der Waals surface area contributed by atoms with E-state index in [0.29, 0.717) is 23.6 Å². The Morgan fingerprint density at radius 2 is 2.06 bits per heavy atom. The molecular formula is C25H31FN4O2. The van der Waals surface area contributed by atoms with Crippen LogP contribution in [0.1, 0.15) is 24.8 Å². The van der Waals surface area contributed by atoms with E-state index in [2.05, 4.69) is 10.2 Å². The highest BCUT2D eigenvalue weighted by Crippen LogP contribution is 2.28. The van der Waals surface area contributed by atoms with Gasteiger partial charge in [-0.05, 0) is 63.2 Å². The highest BCUT2D eigenvalue weighted by Gasteiger charge is 2.18. The predicted octanol–water partition coefficient (Wildman–Crippen LogP) is 3.62. The summed E-state index contributed by atoms with van der Waals surface area (Å²) >= 11 is 0. The maximum absolute atomic E-state index is 14.8. The van der Waals surface area contributed by atoms with Crippen LogP contribution in [0.25, 0.3) is 16.9 Å². The number of halogens is 1. The number of benzene rings is 2. The highest BCUT2D eigenvalue weighted by atomic mass is 19.1. The van der Waals surface area contributed by atoms with Crippen molar-refractivity contribution in [2.75, 3.05) is 33.3 Å². The lowest BCUT2D eigenvalue weighted by atomic mass is 10.1. The minimum Gasteiger partial charge on any atom is -0.497 e. The van der Waals surface area contributed by atoms with Gasteiger partial charge in [0.1, 0.15) is 17.3 Å². The SMILES string of the molecule is COc1ccc(-c2nn(-c3ccccc3)cc2CNCCCN2CCC[C@H](O)C2)c(F)c1. The Labute approximate surface area is 188 Å². The van der Waals surface area contributed by atoms with E-state index in [0.717, 1.165) is 56.7 Å². The van der Waals surface area contributed by atoms with Gasteiger partial charge in [0.2, 0.25) is 0 Å².